The number of benzene rings is 2. The van der Waals surface area contributed by atoms with Gasteiger partial charge in [0.1, 0.15) is 12.6 Å². The first-order valence-corrected chi connectivity index (χ1v) is 13.3. The number of nitrogens with one attached hydrogen (secondary N) is 1. The molecule has 0 aromatic heterocycles. The van der Waals surface area contributed by atoms with Crippen molar-refractivity contribution in [2.45, 2.75) is 45.8 Å². The van der Waals surface area contributed by atoms with Crippen LogP contribution in [0.5, 0.6) is 0 Å². The zero-order valence-corrected chi connectivity index (χ0v) is 22.0. The molecule has 0 aliphatic carbocycles. The van der Waals surface area contributed by atoms with E-state index in [1.54, 1.807) is 25.1 Å². The van der Waals surface area contributed by atoms with Gasteiger partial charge in [-0.25, -0.2) is 17.2 Å². The van der Waals surface area contributed by atoms with E-state index in [2.05, 4.69) is 5.32 Å². The van der Waals surface area contributed by atoms with Gasteiger partial charge < -0.3 is 10.2 Å². The van der Waals surface area contributed by atoms with Crippen molar-refractivity contribution < 1.29 is 26.8 Å². The summed E-state index contributed by atoms with van der Waals surface area (Å²) in [6, 6.07) is 6.04. The number of nitrogens with zero attached hydrogens (tertiary/aromatic N) is 2. The summed E-state index contributed by atoms with van der Waals surface area (Å²) >= 11 is 12.5. The molecule has 35 heavy (non-hydrogen) atoms. The summed E-state index contributed by atoms with van der Waals surface area (Å²) in [5, 5.41) is 3.30. The van der Waals surface area contributed by atoms with Crippen molar-refractivity contribution >= 4 is 50.7 Å². The van der Waals surface area contributed by atoms with E-state index in [0.717, 1.165) is 23.3 Å². The SMILES string of the molecule is CC[C@@H](C)NC(=O)[C@H](C)N(Cc1c(Cl)cccc1Cl)C(=O)CN(c1ccc(F)c(F)c1)S(C)(=O)=O. The van der Waals surface area contributed by atoms with Gasteiger partial charge in [0.25, 0.3) is 0 Å². The van der Waals surface area contributed by atoms with Crippen molar-refractivity contribution in [3.05, 3.63) is 63.6 Å². The topological polar surface area (TPSA) is 86.8 Å². The molecule has 0 heterocycles. The molecule has 1 N–H and O–H groups in total. The number of anilines is 1. The Hall–Kier alpha value is -2.43. The molecule has 0 spiro atoms. The number of rotatable bonds is 10. The van der Waals surface area contributed by atoms with Crippen LogP contribution in [0.15, 0.2) is 36.4 Å². The molecule has 0 aliphatic heterocycles. The second-order valence-electron chi connectivity index (χ2n) is 8.08. The lowest BCUT2D eigenvalue weighted by molar-refractivity contribution is -0.139. The van der Waals surface area contributed by atoms with Crippen LogP contribution in [-0.4, -0.2) is 50.0 Å². The van der Waals surface area contributed by atoms with Crippen LogP contribution in [0.3, 0.4) is 0 Å². The highest BCUT2D eigenvalue weighted by Crippen LogP contribution is 2.27. The molecule has 7 nitrogen and oxygen atoms in total. The van der Waals surface area contributed by atoms with E-state index in [-0.39, 0.29) is 28.3 Å². The number of sulfonamides is 1. The Labute approximate surface area is 214 Å². The molecule has 0 radical (unpaired) electrons. The summed E-state index contributed by atoms with van der Waals surface area (Å²) in [6.45, 7) is 4.21. The first-order valence-electron chi connectivity index (χ1n) is 10.7. The first kappa shape index (κ1) is 28.8. The number of carbonyl (C=O) groups excluding carboxylic acids is 2. The Morgan fingerprint density at radius 2 is 1.66 bits per heavy atom. The third-order valence-corrected chi connectivity index (χ3v) is 7.28. The van der Waals surface area contributed by atoms with E-state index in [4.69, 9.17) is 23.2 Å². The van der Waals surface area contributed by atoms with Gasteiger partial charge in [-0.3, -0.25) is 13.9 Å². The van der Waals surface area contributed by atoms with Gasteiger partial charge in [0.15, 0.2) is 11.6 Å². The Morgan fingerprint density at radius 1 is 1.06 bits per heavy atom. The molecular weight excluding hydrogens is 523 g/mol. The fourth-order valence-corrected chi connectivity index (χ4v) is 4.51. The van der Waals surface area contributed by atoms with E-state index < -0.39 is 46.1 Å². The largest absolute Gasteiger partial charge is 0.352 e. The van der Waals surface area contributed by atoms with Gasteiger partial charge >= 0.3 is 0 Å². The van der Waals surface area contributed by atoms with Crippen LogP contribution < -0.4 is 9.62 Å². The lowest BCUT2D eigenvalue weighted by Crippen LogP contribution is -2.52. The molecule has 0 aliphatic rings. The maximum absolute atomic E-state index is 13.8. The maximum Gasteiger partial charge on any atom is 0.244 e. The summed E-state index contributed by atoms with van der Waals surface area (Å²) < 4.78 is 52.8. The zero-order valence-electron chi connectivity index (χ0n) is 19.7. The van der Waals surface area contributed by atoms with E-state index in [9.17, 15) is 26.8 Å². The Kier molecular flexibility index (Phi) is 9.88. The quantitative estimate of drug-likeness (QED) is 0.476. The van der Waals surface area contributed by atoms with Crippen LogP contribution in [0.25, 0.3) is 0 Å². The molecule has 192 valence electrons. The first-order chi connectivity index (χ1) is 16.3. The van der Waals surface area contributed by atoms with Gasteiger partial charge in [0.05, 0.1) is 11.9 Å². The van der Waals surface area contributed by atoms with Crippen molar-refractivity contribution in [2.24, 2.45) is 0 Å². The summed E-state index contributed by atoms with van der Waals surface area (Å²) in [5.41, 5.74) is 0.123. The maximum atomic E-state index is 13.8. The highest BCUT2D eigenvalue weighted by molar-refractivity contribution is 7.92. The molecule has 2 aromatic carbocycles. The standard InChI is InChI=1S/C23H27Cl2F2N3O4S/c1-5-14(2)28-23(32)15(3)29(12-17-18(24)7-6-8-19(17)25)22(31)13-30(35(4,33)34)16-9-10-20(26)21(27)11-16/h6-11,14-15H,5,12-13H2,1-4H3,(H,28,32)/t14-,15+/m1/s1. The van der Waals surface area contributed by atoms with Gasteiger partial charge in [0.2, 0.25) is 21.8 Å². The van der Waals surface area contributed by atoms with Crippen molar-refractivity contribution in [2.75, 3.05) is 17.1 Å². The van der Waals surface area contributed by atoms with E-state index in [0.29, 0.717) is 22.4 Å². The van der Waals surface area contributed by atoms with Crippen molar-refractivity contribution in [3.8, 4) is 0 Å². The third-order valence-electron chi connectivity index (χ3n) is 5.43. The summed E-state index contributed by atoms with van der Waals surface area (Å²) in [5.74, 6) is -3.68. The Bertz CT molecular complexity index is 1180. The lowest BCUT2D eigenvalue weighted by atomic mass is 10.1. The fraction of sp³-hybridized carbons (Fsp3) is 0.391. The molecule has 12 heteroatoms. The molecule has 0 saturated carbocycles. The van der Waals surface area contributed by atoms with Gasteiger partial charge in [-0.15, -0.1) is 0 Å². The predicted molar refractivity (Wildman–Crippen MR) is 133 cm³/mol. The number of hydrogen-bond donors (Lipinski definition) is 1. The van der Waals surface area contributed by atoms with Gasteiger partial charge in [-0.05, 0) is 44.5 Å². The highest BCUT2D eigenvalue weighted by Gasteiger charge is 2.31. The molecule has 0 unspecified atom stereocenters. The minimum atomic E-state index is -4.09. The lowest BCUT2D eigenvalue weighted by Gasteiger charge is -2.32. The van der Waals surface area contributed by atoms with Crippen LogP contribution >= 0.6 is 23.2 Å². The van der Waals surface area contributed by atoms with Crippen molar-refractivity contribution in [3.63, 3.8) is 0 Å². The third kappa shape index (κ3) is 7.52. The van der Waals surface area contributed by atoms with Crippen LogP contribution in [-0.2, 0) is 26.2 Å². The van der Waals surface area contributed by atoms with E-state index in [1.807, 2.05) is 6.92 Å². The minimum absolute atomic E-state index is 0.166. The minimum Gasteiger partial charge on any atom is -0.352 e. The molecule has 2 aromatic rings. The second-order valence-corrected chi connectivity index (χ2v) is 10.8. The van der Waals surface area contributed by atoms with Crippen LogP contribution in [0.2, 0.25) is 10.0 Å². The average Bonchev–Trinajstić information content (AvgIpc) is 2.77. The summed E-state index contributed by atoms with van der Waals surface area (Å²) in [6.07, 6.45) is 1.48. The molecule has 2 atom stereocenters. The van der Waals surface area contributed by atoms with Gasteiger partial charge in [0, 0.05) is 34.3 Å². The summed E-state index contributed by atoms with van der Waals surface area (Å²) in [4.78, 5) is 27.4. The van der Waals surface area contributed by atoms with Crippen LogP contribution in [0.4, 0.5) is 14.5 Å². The van der Waals surface area contributed by atoms with Crippen molar-refractivity contribution in [1.82, 2.24) is 10.2 Å². The number of carbonyl (C=O) groups is 2. The van der Waals surface area contributed by atoms with Gasteiger partial charge in [-0.1, -0.05) is 36.2 Å². The average molecular weight is 550 g/mol. The molecule has 2 amide bonds. The van der Waals surface area contributed by atoms with Crippen LogP contribution in [0, 0.1) is 11.6 Å². The van der Waals surface area contributed by atoms with E-state index in [1.165, 1.54) is 6.92 Å². The normalized spacial score (nSPS) is 13.1. The molecule has 0 bridgehead atoms. The monoisotopic (exact) mass is 549 g/mol. The fourth-order valence-electron chi connectivity index (χ4n) is 3.16. The number of halogens is 4. The number of hydrogen-bond acceptors (Lipinski definition) is 4. The highest BCUT2D eigenvalue weighted by atomic mass is 35.5. The molecule has 0 saturated heterocycles. The summed E-state index contributed by atoms with van der Waals surface area (Å²) in [7, 11) is -4.09. The Balaban J connectivity index is 2.47. The van der Waals surface area contributed by atoms with Crippen LogP contribution in [0.1, 0.15) is 32.8 Å². The predicted octanol–water partition coefficient (Wildman–Crippen LogP) is 4.37. The van der Waals surface area contributed by atoms with Gasteiger partial charge in [-0.2, -0.15) is 0 Å². The molecule has 2 rings (SSSR count). The smallest absolute Gasteiger partial charge is 0.244 e. The van der Waals surface area contributed by atoms with E-state index >= 15 is 0 Å². The molecular formula is C23H27Cl2F2N3O4S. The second kappa shape index (κ2) is 12.0. The zero-order chi connectivity index (χ0) is 26.5. The molecule has 0 fully saturated rings. The number of amides is 2. The Morgan fingerprint density at radius 3 is 2.17 bits per heavy atom. The van der Waals surface area contributed by atoms with Crippen molar-refractivity contribution in [1.29, 1.82) is 0 Å².